The second-order valence-corrected chi connectivity index (χ2v) is 6.85. The topological polar surface area (TPSA) is 42.0 Å². The zero-order valence-electron chi connectivity index (χ0n) is 12.4. The summed E-state index contributed by atoms with van der Waals surface area (Å²) in [5.41, 5.74) is 1.52. The minimum atomic E-state index is -0.114. The molecule has 0 saturated carbocycles. The molecule has 2 aromatic carbocycles. The van der Waals surface area contributed by atoms with Gasteiger partial charge < -0.3 is 5.32 Å². The Bertz CT molecular complexity index is 757. The van der Waals surface area contributed by atoms with Crippen LogP contribution < -0.4 is 5.32 Å². The number of thiazole rings is 1. The van der Waals surface area contributed by atoms with E-state index in [0.29, 0.717) is 12.2 Å². The van der Waals surface area contributed by atoms with E-state index in [1.165, 1.54) is 16.2 Å². The first-order valence-electron chi connectivity index (χ1n) is 7.30. The second kappa shape index (κ2) is 7.94. The van der Waals surface area contributed by atoms with Crippen LogP contribution in [0.25, 0.3) is 10.6 Å². The number of rotatable bonds is 6. The molecule has 3 rings (SSSR count). The van der Waals surface area contributed by atoms with Gasteiger partial charge in [0.15, 0.2) is 0 Å². The van der Waals surface area contributed by atoms with Gasteiger partial charge in [-0.15, -0.1) is 23.1 Å². The lowest BCUT2D eigenvalue weighted by Crippen LogP contribution is -2.25. The molecule has 0 radical (unpaired) electrons. The van der Waals surface area contributed by atoms with Crippen LogP contribution >= 0.6 is 23.1 Å². The number of thioether (sulfide) groups is 1. The van der Waals surface area contributed by atoms with Crippen molar-refractivity contribution in [3.05, 3.63) is 71.7 Å². The summed E-state index contributed by atoms with van der Waals surface area (Å²) in [5, 5.41) is 5.60. The second-order valence-electron chi connectivity index (χ2n) is 4.82. The largest absolute Gasteiger partial charge is 0.350 e. The van der Waals surface area contributed by atoms with Gasteiger partial charge in [-0.3, -0.25) is 4.79 Å². The van der Waals surface area contributed by atoms with Crippen molar-refractivity contribution in [1.82, 2.24) is 10.3 Å². The number of benzene rings is 2. The Morgan fingerprint density at radius 2 is 1.74 bits per heavy atom. The Morgan fingerprint density at radius 3 is 2.48 bits per heavy atom. The minimum Gasteiger partial charge on any atom is -0.350 e. The molecule has 3 nitrogen and oxygen atoms in total. The van der Waals surface area contributed by atoms with Crippen LogP contribution in [-0.2, 0) is 0 Å². The molecule has 116 valence electrons. The molecule has 1 amide bonds. The van der Waals surface area contributed by atoms with E-state index in [0.717, 1.165) is 16.3 Å². The molecule has 0 aliphatic carbocycles. The SMILES string of the molecule is O=C(NCCSc1ccccc1)c1csc(-c2ccccc2)n1. The number of amides is 1. The maximum absolute atomic E-state index is 12.1. The van der Waals surface area contributed by atoms with Gasteiger partial charge in [0.1, 0.15) is 10.7 Å². The van der Waals surface area contributed by atoms with Crippen LogP contribution in [0.4, 0.5) is 0 Å². The monoisotopic (exact) mass is 340 g/mol. The van der Waals surface area contributed by atoms with Crippen LogP contribution in [0.15, 0.2) is 70.9 Å². The molecule has 0 aliphatic heterocycles. The van der Waals surface area contributed by atoms with E-state index in [2.05, 4.69) is 22.4 Å². The van der Waals surface area contributed by atoms with Crippen LogP contribution in [0.1, 0.15) is 10.5 Å². The number of hydrogen-bond donors (Lipinski definition) is 1. The molecule has 0 bridgehead atoms. The van der Waals surface area contributed by atoms with Crippen molar-refractivity contribution < 1.29 is 4.79 Å². The minimum absolute atomic E-state index is 0.114. The molecule has 1 heterocycles. The number of carbonyl (C=O) groups is 1. The Hall–Kier alpha value is -2.11. The van der Waals surface area contributed by atoms with Crippen LogP contribution in [-0.4, -0.2) is 23.2 Å². The summed E-state index contributed by atoms with van der Waals surface area (Å²) in [5.74, 6) is 0.725. The summed E-state index contributed by atoms with van der Waals surface area (Å²) >= 11 is 3.22. The fourth-order valence-electron chi connectivity index (χ4n) is 2.03. The molecule has 0 fully saturated rings. The van der Waals surface area contributed by atoms with Gasteiger partial charge in [0, 0.05) is 28.1 Å². The van der Waals surface area contributed by atoms with Crippen molar-refractivity contribution in [2.45, 2.75) is 4.90 Å². The van der Waals surface area contributed by atoms with Crippen molar-refractivity contribution in [2.75, 3.05) is 12.3 Å². The summed E-state index contributed by atoms with van der Waals surface area (Å²) in [6, 6.07) is 20.1. The maximum atomic E-state index is 12.1. The number of nitrogens with zero attached hydrogens (tertiary/aromatic N) is 1. The molecule has 0 unspecified atom stereocenters. The van der Waals surface area contributed by atoms with E-state index < -0.39 is 0 Å². The highest BCUT2D eigenvalue weighted by molar-refractivity contribution is 7.99. The number of nitrogens with one attached hydrogen (secondary N) is 1. The zero-order chi connectivity index (χ0) is 15.9. The van der Waals surface area contributed by atoms with E-state index in [9.17, 15) is 4.79 Å². The summed E-state index contributed by atoms with van der Waals surface area (Å²) in [6.07, 6.45) is 0. The first-order valence-corrected chi connectivity index (χ1v) is 9.16. The van der Waals surface area contributed by atoms with Gasteiger partial charge in [-0.1, -0.05) is 48.5 Å². The lowest BCUT2D eigenvalue weighted by molar-refractivity contribution is 0.0952. The molecule has 0 atom stereocenters. The van der Waals surface area contributed by atoms with E-state index in [-0.39, 0.29) is 5.91 Å². The Morgan fingerprint density at radius 1 is 1.04 bits per heavy atom. The average molecular weight is 340 g/mol. The van der Waals surface area contributed by atoms with Crippen LogP contribution in [0.2, 0.25) is 0 Å². The highest BCUT2D eigenvalue weighted by Crippen LogP contribution is 2.23. The third-order valence-electron chi connectivity index (χ3n) is 3.16. The maximum Gasteiger partial charge on any atom is 0.270 e. The molecule has 0 saturated heterocycles. The summed E-state index contributed by atoms with van der Waals surface area (Å²) in [4.78, 5) is 17.8. The molecule has 0 spiro atoms. The van der Waals surface area contributed by atoms with Gasteiger partial charge >= 0.3 is 0 Å². The van der Waals surface area contributed by atoms with Gasteiger partial charge in [-0.25, -0.2) is 4.98 Å². The Labute approximate surface area is 143 Å². The van der Waals surface area contributed by atoms with Gasteiger partial charge in [-0.2, -0.15) is 0 Å². The predicted octanol–water partition coefficient (Wildman–Crippen LogP) is 4.33. The molecular weight excluding hydrogens is 324 g/mol. The van der Waals surface area contributed by atoms with E-state index in [4.69, 9.17) is 0 Å². The van der Waals surface area contributed by atoms with E-state index in [1.807, 2.05) is 53.9 Å². The van der Waals surface area contributed by atoms with Gasteiger partial charge in [-0.05, 0) is 12.1 Å². The van der Waals surface area contributed by atoms with Gasteiger partial charge in [0.2, 0.25) is 0 Å². The smallest absolute Gasteiger partial charge is 0.270 e. The third kappa shape index (κ3) is 4.43. The van der Waals surface area contributed by atoms with Gasteiger partial charge in [0.25, 0.3) is 5.91 Å². The molecule has 1 aromatic heterocycles. The van der Waals surface area contributed by atoms with Crippen LogP contribution in [0.5, 0.6) is 0 Å². The van der Waals surface area contributed by atoms with Crippen molar-refractivity contribution in [2.24, 2.45) is 0 Å². The summed E-state index contributed by atoms with van der Waals surface area (Å²) < 4.78 is 0. The Kier molecular flexibility index (Phi) is 5.45. The fourth-order valence-corrected chi connectivity index (χ4v) is 3.63. The quantitative estimate of drug-likeness (QED) is 0.536. The van der Waals surface area contributed by atoms with Crippen molar-refractivity contribution >= 4 is 29.0 Å². The molecule has 1 N–H and O–H groups in total. The standard InChI is InChI=1S/C18H16N2OS2/c21-17(19-11-12-22-15-9-5-2-6-10-15)16-13-23-18(20-16)14-7-3-1-4-8-14/h1-10,13H,11-12H2,(H,19,21). The lowest BCUT2D eigenvalue weighted by Gasteiger charge is -2.03. The van der Waals surface area contributed by atoms with Crippen molar-refractivity contribution in [1.29, 1.82) is 0 Å². The zero-order valence-corrected chi connectivity index (χ0v) is 14.1. The number of hydrogen-bond acceptors (Lipinski definition) is 4. The van der Waals surface area contributed by atoms with E-state index >= 15 is 0 Å². The highest BCUT2D eigenvalue weighted by Gasteiger charge is 2.11. The first kappa shape index (κ1) is 15.8. The molecule has 3 aromatic rings. The van der Waals surface area contributed by atoms with Gasteiger partial charge in [0.05, 0.1) is 0 Å². The van der Waals surface area contributed by atoms with Crippen molar-refractivity contribution in [3.63, 3.8) is 0 Å². The first-order chi connectivity index (χ1) is 11.3. The Balaban J connectivity index is 1.50. The lowest BCUT2D eigenvalue weighted by atomic mass is 10.2. The fraction of sp³-hybridized carbons (Fsp3) is 0.111. The summed E-state index contributed by atoms with van der Waals surface area (Å²) in [7, 11) is 0. The van der Waals surface area contributed by atoms with Crippen LogP contribution in [0.3, 0.4) is 0 Å². The number of aromatic nitrogens is 1. The molecule has 23 heavy (non-hydrogen) atoms. The van der Waals surface area contributed by atoms with E-state index in [1.54, 1.807) is 11.8 Å². The molecular formula is C18H16N2OS2. The predicted molar refractivity (Wildman–Crippen MR) is 97.0 cm³/mol. The molecule has 5 heteroatoms. The normalized spacial score (nSPS) is 10.4. The van der Waals surface area contributed by atoms with Crippen LogP contribution in [0, 0.1) is 0 Å². The molecule has 0 aliphatic rings. The summed E-state index contributed by atoms with van der Waals surface area (Å²) in [6.45, 7) is 0.622. The van der Waals surface area contributed by atoms with Crippen molar-refractivity contribution in [3.8, 4) is 10.6 Å². The highest BCUT2D eigenvalue weighted by atomic mass is 32.2. The third-order valence-corrected chi connectivity index (χ3v) is 5.06. The number of carbonyl (C=O) groups excluding carboxylic acids is 1. The average Bonchev–Trinajstić information content (AvgIpc) is 3.10.